The Morgan fingerprint density at radius 1 is 1.10 bits per heavy atom. The third-order valence-electron chi connectivity index (χ3n) is 3.80. The summed E-state index contributed by atoms with van der Waals surface area (Å²) < 4.78 is 0. The van der Waals surface area contributed by atoms with Crippen molar-refractivity contribution in [2.45, 2.75) is 26.7 Å². The third kappa shape index (κ3) is 9.66. The molecule has 5 heteroatoms. The van der Waals surface area contributed by atoms with Gasteiger partial charge in [-0.1, -0.05) is 13.8 Å². The molecular weight excluding hydrogens is 252 g/mol. The molecule has 0 aliphatic carbocycles. The summed E-state index contributed by atoms with van der Waals surface area (Å²) in [5.74, 6) is 0.807. The summed E-state index contributed by atoms with van der Waals surface area (Å²) in [5, 5.41) is 11.8. The average Bonchev–Trinajstić information content (AvgIpc) is 2.52. The highest BCUT2D eigenvalue weighted by molar-refractivity contribution is 4.69. The van der Waals surface area contributed by atoms with E-state index in [1.54, 1.807) is 0 Å². The molecule has 0 radical (unpaired) electrons. The molecular formula is C15H36N4O. The van der Waals surface area contributed by atoms with Gasteiger partial charge in [0.25, 0.3) is 0 Å². The predicted molar refractivity (Wildman–Crippen MR) is 87.0 cm³/mol. The molecule has 0 aromatic heterocycles. The molecule has 2 aliphatic rings. The van der Waals surface area contributed by atoms with Gasteiger partial charge in [0.1, 0.15) is 0 Å². The fourth-order valence-corrected chi connectivity index (χ4v) is 2.37. The molecule has 2 fully saturated rings. The van der Waals surface area contributed by atoms with Crippen LogP contribution in [0.15, 0.2) is 0 Å². The van der Waals surface area contributed by atoms with Crippen LogP contribution in [0.3, 0.4) is 0 Å². The van der Waals surface area contributed by atoms with E-state index in [2.05, 4.69) is 22.2 Å². The first kappa shape index (κ1) is 19.8. The number of hydrogen-bond acceptors (Lipinski definition) is 5. The maximum Gasteiger partial charge on any atom is 0.0558 e. The minimum Gasteiger partial charge on any atom is -0.395 e. The highest BCUT2D eigenvalue weighted by atomic mass is 16.3. The summed E-state index contributed by atoms with van der Waals surface area (Å²) >= 11 is 0. The molecule has 0 unspecified atom stereocenters. The number of rotatable bonds is 3. The molecule has 0 bridgehead atoms. The molecule has 2 saturated heterocycles. The van der Waals surface area contributed by atoms with Gasteiger partial charge in [0.05, 0.1) is 6.61 Å². The number of piperazine rings is 1. The number of aliphatic hydroxyl groups excluding tert-OH is 1. The van der Waals surface area contributed by atoms with Crippen molar-refractivity contribution in [3.05, 3.63) is 0 Å². The standard InChI is InChI=1S/C7H16N2.C6H14N2O.C2H6/c1-9-4-2-7(6-8)3-5-9;9-6-5-8-3-1-7-2-4-8;1-2/h7H,2-6,8H2,1H3;7,9H,1-6H2;1-2H3. The van der Waals surface area contributed by atoms with E-state index in [0.29, 0.717) is 6.61 Å². The fourth-order valence-electron chi connectivity index (χ4n) is 2.37. The van der Waals surface area contributed by atoms with Crippen molar-refractivity contribution < 1.29 is 5.11 Å². The van der Waals surface area contributed by atoms with Crippen LogP contribution in [0, 0.1) is 5.92 Å². The van der Waals surface area contributed by atoms with Crippen LogP contribution in [0.5, 0.6) is 0 Å². The Balaban J connectivity index is 0.000000321. The zero-order valence-corrected chi connectivity index (χ0v) is 13.8. The lowest BCUT2D eigenvalue weighted by atomic mass is 9.98. The second kappa shape index (κ2) is 13.8. The van der Waals surface area contributed by atoms with E-state index >= 15 is 0 Å². The molecule has 122 valence electrons. The first-order valence-corrected chi connectivity index (χ1v) is 8.18. The van der Waals surface area contributed by atoms with Gasteiger partial charge in [0.2, 0.25) is 0 Å². The molecule has 0 spiro atoms. The van der Waals surface area contributed by atoms with Crippen LogP contribution in [0.25, 0.3) is 0 Å². The molecule has 0 aromatic carbocycles. The summed E-state index contributed by atoms with van der Waals surface area (Å²) in [5.41, 5.74) is 5.53. The largest absolute Gasteiger partial charge is 0.395 e. The number of hydrogen-bond donors (Lipinski definition) is 3. The fraction of sp³-hybridized carbons (Fsp3) is 1.00. The van der Waals surface area contributed by atoms with Crippen LogP contribution in [0.2, 0.25) is 0 Å². The Kier molecular flexibility index (Phi) is 13.6. The lowest BCUT2D eigenvalue weighted by Gasteiger charge is -2.27. The predicted octanol–water partition coefficient (Wildman–Crippen LogP) is 0.197. The smallest absolute Gasteiger partial charge is 0.0558 e. The highest BCUT2D eigenvalue weighted by Gasteiger charge is 2.13. The first-order chi connectivity index (χ1) is 9.76. The van der Waals surface area contributed by atoms with E-state index in [1.807, 2.05) is 13.8 Å². The molecule has 0 amide bonds. The number of aliphatic hydroxyl groups is 1. The summed E-state index contributed by atoms with van der Waals surface area (Å²) in [6, 6.07) is 0. The topological polar surface area (TPSA) is 64.8 Å². The van der Waals surface area contributed by atoms with Gasteiger partial charge in [-0.2, -0.15) is 0 Å². The molecule has 0 atom stereocenters. The van der Waals surface area contributed by atoms with Crippen LogP contribution in [-0.4, -0.2) is 80.9 Å². The van der Waals surface area contributed by atoms with Crippen molar-refractivity contribution in [3.63, 3.8) is 0 Å². The van der Waals surface area contributed by atoms with E-state index in [9.17, 15) is 0 Å². The zero-order chi connectivity index (χ0) is 15.2. The van der Waals surface area contributed by atoms with Crippen LogP contribution < -0.4 is 11.1 Å². The molecule has 0 saturated carbocycles. The van der Waals surface area contributed by atoms with Crippen molar-refractivity contribution >= 4 is 0 Å². The van der Waals surface area contributed by atoms with Crippen molar-refractivity contribution in [3.8, 4) is 0 Å². The minimum absolute atomic E-state index is 0.292. The normalized spacial score (nSPS) is 21.4. The summed E-state index contributed by atoms with van der Waals surface area (Å²) in [6.07, 6.45) is 2.60. The Morgan fingerprint density at radius 3 is 2.10 bits per heavy atom. The molecule has 2 aliphatic heterocycles. The first-order valence-electron chi connectivity index (χ1n) is 8.18. The van der Waals surface area contributed by atoms with Gasteiger partial charge in [0, 0.05) is 32.7 Å². The van der Waals surface area contributed by atoms with Gasteiger partial charge in [-0.05, 0) is 45.4 Å². The van der Waals surface area contributed by atoms with Crippen molar-refractivity contribution in [1.29, 1.82) is 0 Å². The Hall–Kier alpha value is -0.200. The maximum atomic E-state index is 8.56. The van der Waals surface area contributed by atoms with Crippen LogP contribution >= 0.6 is 0 Å². The summed E-state index contributed by atoms with van der Waals surface area (Å²) in [4.78, 5) is 4.63. The Morgan fingerprint density at radius 2 is 1.65 bits per heavy atom. The van der Waals surface area contributed by atoms with Crippen molar-refractivity contribution in [2.24, 2.45) is 11.7 Å². The van der Waals surface area contributed by atoms with E-state index in [4.69, 9.17) is 10.8 Å². The van der Waals surface area contributed by atoms with Gasteiger partial charge in [-0.25, -0.2) is 0 Å². The van der Waals surface area contributed by atoms with Gasteiger partial charge < -0.3 is 21.1 Å². The average molecular weight is 288 g/mol. The van der Waals surface area contributed by atoms with E-state index in [0.717, 1.165) is 45.2 Å². The quantitative estimate of drug-likeness (QED) is 0.692. The Labute approximate surface area is 125 Å². The highest BCUT2D eigenvalue weighted by Crippen LogP contribution is 2.13. The van der Waals surface area contributed by atoms with Crippen molar-refractivity contribution in [2.75, 3.05) is 66.0 Å². The number of piperidine rings is 1. The second-order valence-corrected chi connectivity index (χ2v) is 5.30. The number of nitrogens with one attached hydrogen (secondary N) is 1. The molecule has 5 nitrogen and oxygen atoms in total. The van der Waals surface area contributed by atoms with Gasteiger partial charge in [-0.3, -0.25) is 4.90 Å². The maximum absolute atomic E-state index is 8.56. The molecule has 2 heterocycles. The lowest BCUT2D eigenvalue weighted by molar-refractivity contribution is 0.180. The van der Waals surface area contributed by atoms with E-state index in [-0.39, 0.29) is 0 Å². The summed E-state index contributed by atoms with van der Waals surface area (Å²) in [6.45, 7) is 12.8. The number of likely N-dealkylation sites (tertiary alicyclic amines) is 1. The summed E-state index contributed by atoms with van der Waals surface area (Å²) in [7, 11) is 2.17. The molecule has 4 N–H and O–H groups in total. The number of nitrogens with two attached hydrogens (primary N) is 1. The lowest BCUT2D eigenvalue weighted by Crippen LogP contribution is -2.44. The molecule has 20 heavy (non-hydrogen) atoms. The van der Waals surface area contributed by atoms with Crippen molar-refractivity contribution in [1.82, 2.24) is 15.1 Å². The zero-order valence-electron chi connectivity index (χ0n) is 13.8. The van der Waals surface area contributed by atoms with Crippen LogP contribution in [0.1, 0.15) is 26.7 Å². The SMILES string of the molecule is CC.CN1CCC(CN)CC1.OCCN1CCNCC1. The van der Waals surface area contributed by atoms with Crippen LogP contribution in [0.4, 0.5) is 0 Å². The Bertz CT molecular complexity index is 188. The van der Waals surface area contributed by atoms with Gasteiger partial charge >= 0.3 is 0 Å². The monoisotopic (exact) mass is 288 g/mol. The number of β-amino-alcohol motifs (C(OH)–C–C–N with tert-alkyl or cyclic N) is 1. The van der Waals surface area contributed by atoms with Gasteiger partial charge in [-0.15, -0.1) is 0 Å². The van der Waals surface area contributed by atoms with E-state index < -0.39 is 0 Å². The van der Waals surface area contributed by atoms with Gasteiger partial charge in [0.15, 0.2) is 0 Å². The van der Waals surface area contributed by atoms with Crippen LogP contribution in [-0.2, 0) is 0 Å². The molecule has 2 rings (SSSR count). The molecule has 0 aromatic rings. The number of nitrogens with zero attached hydrogens (tertiary/aromatic N) is 2. The third-order valence-corrected chi connectivity index (χ3v) is 3.80. The second-order valence-electron chi connectivity index (χ2n) is 5.30. The van der Waals surface area contributed by atoms with E-state index in [1.165, 1.54) is 25.9 Å². The minimum atomic E-state index is 0.292.